The van der Waals surface area contributed by atoms with Crippen molar-refractivity contribution in [1.82, 2.24) is 5.32 Å². The maximum Gasteiger partial charge on any atom is 1.00 e. The minimum Gasteiger partial charge on any atom is -0.548 e. The zero-order valence-electron chi connectivity index (χ0n) is 18.0. The number of aromatic hydroxyl groups is 1. The van der Waals surface area contributed by atoms with Gasteiger partial charge in [0, 0.05) is 11.5 Å². The number of nitrogens with zero attached hydrogens (tertiary/aromatic N) is 3. The van der Waals surface area contributed by atoms with Gasteiger partial charge >= 0.3 is 37.2 Å². The quantitative estimate of drug-likeness (QED) is 0.0269. The number of benzene rings is 1. The van der Waals surface area contributed by atoms with Gasteiger partial charge in [0.1, 0.15) is 5.75 Å². The molecule has 6 N–H and O–H groups in total. The van der Waals surface area contributed by atoms with Crippen LogP contribution in [0.4, 0.5) is 5.69 Å². The number of carbonyl (C=O) groups excluding carboxylic acids is 2. The molecular formula is C18H24IN5NaO7P. The summed E-state index contributed by atoms with van der Waals surface area (Å²) in [5.41, 5.74) is 14.4. The van der Waals surface area contributed by atoms with Crippen LogP contribution in [0, 0.1) is 3.57 Å². The number of azide groups is 1. The standard InChI is InChI=1S/C18H25IN5O7P.Na/c19-15-14(23-24-21)7-6-12(16(15)25)17(26)22-8-4-2-1-3-5-11(10-32(29,30)31)9-13(20)18(27)28;/h6-7,9,13,25H,1-5,8,10,20H2,(H,22,26)(H,27,28)(H2,29,30,31);/q;+1/p-1. The van der Waals surface area contributed by atoms with E-state index in [1.54, 1.807) is 22.6 Å². The number of nitrogens with two attached hydrogens (primary N) is 1. The minimum atomic E-state index is -4.36. The van der Waals surface area contributed by atoms with E-state index in [0.717, 1.165) is 6.08 Å². The molecule has 1 rings (SSSR count). The normalized spacial score (nSPS) is 12.3. The second-order valence-electron chi connectivity index (χ2n) is 6.90. The van der Waals surface area contributed by atoms with E-state index in [4.69, 9.17) is 21.1 Å². The maximum absolute atomic E-state index is 12.2. The first-order valence-electron chi connectivity index (χ1n) is 9.51. The molecule has 1 amide bonds. The Balaban J connectivity index is 0.0000102. The number of allylic oxidation sites excluding steroid dienone is 1. The number of amides is 1. The molecule has 0 saturated carbocycles. The molecule has 1 atom stereocenters. The van der Waals surface area contributed by atoms with Crippen LogP contribution in [0.1, 0.15) is 42.5 Å². The number of carbonyl (C=O) groups is 2. The number of carboxylic acid groups (broad SMARTS) is 1. The molecule has 0 saturated heterocycles. The Morgan fingerprint density at radius 3 is 2.52 bits per heavy atom. The first-order chi connectivity index (χ1) is 15.0. The van der Waals surface area contributed by atoms with E-state index in [2.05, 4.69) is 15.3 Å². The average molecular weight is 603 g/mol. The number of aliphatic carboxylic acids is 1. The zero-order chi connectivity index (χ0) is 24.3. The number of hydrogen-bond donors (Lipinski definition) is 5. The molecule has 0 aliphatic heterocycles. The van der Waals surface area contributed by atoms with Crippen molar-refractivity contribution in [2.75, 3.05) is 12.7 Å². The van der Waals surface area contributed by atoms with Gasteiger partial charge in [0.2, 0.25) is 0 Å². The largest absolute Gasteiger partial charge is 1.00 e. The van der Waals surface area contributed by atoms with Crippen molar-refractivity contribution >= 4 is 47.8 Å². The van der Waals surface area contributed by atoms with Gasteiger partial charge in [0.05, 0.1) is 33.0 Å². The summed E-state index contributed by atoms with van der Waals surface area (Å²) in [6.45, 7) is 0.341. The second kappa shape index (κ2) is 15.7. The zero-order valence-corrected chi connectivity index (χ0v) is 23.0. The summed E-state index contributed by atoms with van der Waals surface area (Å²) in [7, 11) is -4.36. The number of rotatable bonds is 13. The first kappa shape index (κ1) is 31.9. The Labute approximate surface area is 226 Å². The average Bonchev–Trinajstić information content (AvgIpc) is 2.69. The number of halogens is 1. The first-order valence-corrected chi connectivity index (χ1v) is 12.4. The fourth-order valence-corrected chi connectivity index (χ4v) is 4.16. The molecule has 0 spiro atoms. The summed E-state index contributed by atoms with van der Waals surface area (Å²) < 4.78 is 11.5. The molecule has 12 nitrogen and oxygen atoms in total. The molecule has 0 fully saturated rings. The summed E-state index contributed by atoms with van der Waals surface area (Å²) in [6.07, 6.45) is 3.38. The van der Waals surface area contributed by atoms with E-state index in [1.807, 2.05) is 0 Å². The van der Waals surface area contributed by atoms with E-state index in [-0.39, 0.29) is 62.1 Å². The van der Waals surface area contributed by atoms with Crippen LogP contribution in [0.5, 0.6) is 5.75 Å². The third-order valence-corrected chi connectivity index (χ3v) is 6.18. The molecule has 15 heteroatoms. The van der Waals surface area contributed by atoms with Crippen LogP contribution in [0.25, 0.3) is 10.4 Å². The van der Waals surface area contributed by atoms with Gasteiger partial charge in [0.15, 0.2) is 0 Å². The van der Waals surface area contributed by atoms with Crippen LogP contribution in [0.15, 0.2) is 28.9 Å². The molecule has 1 aromatic rings. The number of phenols is 1. The van der Waals surface area contributed by atoms with Crippen LogP contribution in [0.3, 0.4) is 0 Å². The van der Waals surface area contributed by atoms with E-state index < -0.39 is 31.7 Å². The summed E-state index contributed by atoms with van der Waals surface area (Å²) in [6, 6.07) is 1.36. The van der Waals surface area contributed by atoms with Crippen molar-refractivity contribution in [3.8, 4) is 5.75 Å². The smallest absolute Gasteiger partial charge is 0.548 e. The van der Waals surface area contributed by atoms with Gasteiger partial charge in [0.25, 0.3) is 5.91 Å². The van der Waals surface area contributed by atoms with E-state index in [1.165, 1.54) is 12.1 Å². The Morgan fingerprint density at radius 2 is 1.94 bits per heavy atom. The van der Waals surface area contributed by atoms with Crippen LogP contribution >= 0.6 is 30.2 Å². The van der Waals surface area contributed by atoms with Crippen LogP contribution in [0.2, 0.25) is 0 Å². The van der Waals surface area contributed by atoms with Crippen molar-refractivity contribution in [3.63, 3.8) is 0 Å². The summed E-state index contributed by atoms with van der Waals surface area (Å²) in [5, 5.41) is 27.0. The molecule has 176 valence electrons. The molecule has 0 radical (unpaired) electrons. The minimum absolute atomic E-state index is 0. The van der Waals surface area contributed by atoms with Crippen molar-refractivity contribution in [1.29, 1.82) is 0 Å². The SMILES string of the molecule is [N-]=[N+]=Nc1ccc(C(=O)NCCCCCCC(=CC(N)C(=O)[O-])CP(=O)(O)O)c(O)c1I.[Na+]. The van der Waals surface area contributed by atoms with Crippen molar-refractivity contribution in [2.45, 2.75) is 38.1 Å². The molecule has 0 aliphatic rings. The van der Waals surface area contributed by atoms with E-state index in [0.29, 0.717) is 32.2 Å². The number of carboxylic acids is 1. The Hall–Kier alpha value is -1.15. The van der Waals surface area contributed by atoms with Gasteiger partial charge in [-0.15, -0.1) is 0 Å². The monoisotopic (exact) mass is 603 g/mol. The van der Waals surface area contributed by atoms with Gasteiger partial charge in [-0.1, -0.05) is 35.7 Å². The van der Waals surface area contributed by atoms with Crippen LogP contribution < -0.4 is 45.7 Å². The Bertz CT molecular complexity index is 966. The molecule has 0 heterocycles. The molecule has 0 aromatic heterocycles. The predicted molar refractivity (Wildman–Crippen MR) is 123 cm³/mol. The van der Waals surface area contributed by atoms with Crippen molar-refractivity contribution in [2.24, 2.45) is 10.8 Å². The van der Waals surface area contributed by atoms with E-state index in [9.17, 15) is 24.4 Å². The second-order valence-corrected chi connectivity index (χ2v) is 9.62. The number of hydrogen-bond acceptors (Lipinski definition) is 7. The molecule has 0 bridgehead atoms. The van der Waals surface area contributed by atoms with Crippen LogP contribution in [-0.4, -0.2) is 45.5 Å². The third-order valence-electron chi connectivity index (χ3n) is 4.30. The number of unbranched alkanes of at least 4 members (excludes halogenated alkanes) is 3. The molecular weight excluding hydrogens is 579 g/mol. The van der Waals surface area contributed by atoms with Gasteiger partial charge in [-0.2, -0.15) is 0 Å². The van der Waals surface area contributed by atoms with Crippen molar-refractivity contribution < 1.29 is 63.7 Å². The molecule has 33 heavy (non-hydrogen) atoms. The third kappa shape index (κ3) is 12.2. The molecule has 1 aromatic carbocycles. The van der Waals surface area contributed by atoms with Gasteiger partial charge in [-0.25, -0.2) is 0 Å². The predicted octanol–water partition coefficient (Wildman–Crippen LogP) is -1.20. The molecule has 1 unspecified atom stereocenters. The Morgan fingerprint density at radius 1 is 1.30 bits per heavy atom. The van der Waals surface area contributed by atoms with Crippen molar-refractivity contribution in [3.05, 3.63) is 43.4 Å². The van der Waals surface area contributed by atoms with E-state index >= 15 is 0 Å². The van der Waals surface area contributed by atoms with Gasteiger partial charge in [-0.05, 0) is 53.5 Å². The summed E-state index contributed by atoms with van der Waals surface area (Å²) >= 11 is 1.78. The fraction of sp³-hybridized carbons (Fsp3) is 0.444. The van der Waals surface area contributed by atoms with Gasteiger partial charge in [-0.3, -0.25) is 9.36 Å². The summed E-state index contributed by atoms with van der Waals surface area (Å²) in [5.74, 6) is -2.28. The fourth-order valence-electron chi connectivity index (χ4n) is 2.79. The van der Waals surface area contributed by atoms with Crippen LogP contribution in [-0.2, 0) is 9.36 Å². The number of phenolic OH excluding ortho intramolecular Hbond substituents is 1. The topological polar surface area (TPSA) is 222 Å². The number of nitrogens with one attached hydrogen (secondary N) is 1. The van der Waals surface area contributed by atoms with Gasteiger partial charge < -0.3 is 35.8 Å². The molecule has 0 aliphatic carbocycles. The summed E-state index contributed by atoms with van der Waals surface area (Å²) in [4.78, 5) is 43.9. The Kier molecular flexibility index (Phi) is 15.1. The maximum atomic E-state index is 12.2.